The van der Waals surface area contributed by atoms with Gasteiger partial charge in [-0.15, -0.1) is 0 Å². The third-order valence-corrected chi connectivity index (χ3v) is 7.00. The van der Waals surface area contributed by atoms with Crippen molar-refractivity contribution >= 4 is 0 Å². The number of hydrogen-bond acceptors (Lipinski definition) is 1. The summed E-state index contributed by atoms with van der Waals surface area (Å²) in [6, 6.07) is 0. The Morgan fingerprint density at radius 3 is 1.88 bits per heavy atom. The molecule has 0 amide bonds. The molecule has 0 N–H and O–H groups in total. The second-order valence-corrected chi connectivity index (χ2v) is 9.01. The van der Waals surface area contributed by atoms with Gasteiger partial charge in [0.05, 0.1) is 0 Å². The summed E-state index contributed by atoms with van der Waals surface area (Å²) in [6.07, 6.45) is 7.06. The molecule has 0 fully saturated rings. The predicted octanol–water partition coefficient (Wildman–Crippen LogP) is 0.329. The third kappa shape index (κ3) is 3.72. The van der Waals surface area contributed by atoms with Gasteiger partial charge >= 0.3 is 161 Å². The van der Waals surface area contributed by atoms with Gasteiger partial charge in [0.2, 0.25) is 0 Å². The molecule has 2 rings (SSSR count). The smallest absolute Gasteiger partial charge is 1.00 e. The van der Waals surface area contributed by atoms with Gasteiger partial charge in [0, 0.05) is 0 Å². The summed E-state index contributed by atoms with van der Waals surface area (Å²) in [5.41, 5.74) is 7.36. The summed E-state index contributed by atoms with van der Waals surface area (Å²) < 4.78 is 6.19. The topological polar surface area (TPSA) is 9.23 Å². The van der Waals surface area contributed by atoms with E-state index in [0.717, 1.165) is 0 Å². The summed E-state index contributed by atoms with van der Waals surface area (Å²) in [5.74, 6) is 0.947. The van der Waals surface area contributed by atoms with E-state index in [1.807, 2.05) is 20.8 Å². The molecular formula is C22H33Cl2OTi. The van der Waals surface area contributed by atoms with E-state index in [-0.39, 0.29) is 41.7 Å². The van der Waals surface area contributed by atoms with Crippen LogP contribution in [0.2, 0.25) is 0 Å². The van der Waals surface area contributed by atoms with E-state index in [0.29, 0.717) is 11.8 Å². The molecule has 0 aromatic heterocycles. The fourth-order valence-corrected chi connectivity index (χ4v) is 5.40. The Balaban J connectivity index is 0.00000312. The predicted molar refractivity (Wildman–Crippen MR) is 99.1 cm³/mol. The van der Waals surface area contributed by atoms with E-state index in [9.17, 15) is 0 Å². The van der Waals surface area contributed by atoms with Crippen molar-refractivity contribution in [3.05, 3.63) is 46.1 Å². The molecule has 0 bridgehead atoms. The largest absolute Gasteiger partial charge is 1.00 e. The molecule has 0 saturated heterocycles. The average molecular weight is 432 g/mol. The van der Waals surface area contributed by atoms with Gasteiger partial charge in [-0.3, -0.25) is 0 Å². The average Bonchev–Trinajstić information content (AvgIpc) is 2.66. The standard InChI is InChI=1S/C22H33O.2ClH.Ti/c1-13(2)18-11-10-12-22(14(3)4,20(18)23)19-16(6)15(5)17(7)21(19,8)9;;;/h10-14,20H,1-9H3;2*1H;/q-1;;;+3/p-2. The molecule has 0 saturated carbocycles. The van der Waals surface area contributed by atoms with Crippen LogP contribution in [0.1, 0.15) is 62.3 Å². The van der Waals surface area contributed by atoms with Gasteiger partial charge < -0.3 is 24.8 Å². The first-order valence-corrected chi connectivity index (χ1v) is 9.79. The number of rotatable bonds is 4. The number of allylic oxidation sites excluding steroid dienone is 5. The van der Waals surface area contributed by atoms with E-state index < -0.39 is 0 Å². The van der Waals surface area contributed by atoms with Gasteiger partial charge in [0.25, 0.3) is 0 Å². The molecule has 0 aromatic carbocycles. The molecule has 1 nitrogen and oxygen atoms in total. The van der Waals surface area contributed by atoms with Crippen LogP contribution in [0.4, 0.5) is 0 Å². The second kappa shape index (κ2) is 9.14. The zero-order chi connectivity index (χ0) is 18.4. The van der Waals surface area contributed by atoms with Gasteiger partial charge in [-0.2, -0.15) is 0 Å². The number of halogens is 2. The van der Waals surface area contributed by atoms with Crippen molar-refractivity contribution in [3.8, 4) is 0 Å². The fourth-order valence-electron chi connectivity index (χ4n) is 4.89. The van der Waals surface area contributed by atoms with Crippen LogP contribution in [0, 0.1) is 22.7 Å². The van der Waals surface area contributed by atoms with E-state index >= 15 is 0 Å². The van der Waals surface area contributed by atoms with Crippen molar-refractivity contribution in [2.75, 3.05) is 0 Å². The van der Waals surface area contributed by atoms with Crippen LogP contribution in [0.5, 0.6) is 0 Å². The van der Waals surface area contributed by atoms with Crippen molar-refractivity contribution in [2.24, 2.45) is 22.7 Å². The van der Waals surface area contributed by atoms with Crippen molar-refractivity contribution < 1.29 is 49.0 Å². The summed E-state index contributed by atoms with van der Waals surface area (Å²) in [4.78, 5) is 0. The second-order valence-electron chi connectivity index (χ2n) is 8.64. The van der Waals surface area contributed by atoms with Crippen molar-refractivity contribution in [2.45, 2.75) is 68.4 Å². The molecule has 2 atom stereocenters. The van der Waals surface area contributed by atoms with Gasteiger partial charge in [-0.05, 0) is 0 Å². The van der Waals surface area contributed by atoms with E-state index in [4.69, 9.17) is 3.32 Å². The molecule has 145 valence electrons. The van der Waals surface area contributed by atoms with Crippen LogP contribution in [0.25, 0.3) is 0 Å². The minimum Gasteiger partial charge on any atom is -1.00 e. The van der Waals surface area contributed by atoms with Gasteiger partial charge in [-0.25, -0.2) is 0 Å². The molecule has 26 heavy (non-hydrogen) atoms. The molecule has 0 aliphatic heterocycles. The Morgan fingerprint density at radius 1 is 1.00 bits per heavy atom. The summed E-state index contributed by atoms with van der Waals surface area (Å²) in [7, 11) is 0. The van der Waals surface area contributed by atoms with Crippen LogP contribution in [-0.2, 0) is 24.1 Å². The zero-order valence-electron chi connectivity index (χ0n) is 17.6. The first-order valence-electron chi connectivity index (χ1n) is 9.15. The summed E-state index contributed by atoms with van der Waals surface area (Å²) in [5, 5.41) is 0. The molecule has 0 spiro atoms. The maximum Gasteiger partial charge on any atom is -1.00 e. The Kier molecular flexibility index (Phi) is 9.22. The molecular weight excluding hydrogens is 399 g/mol. The third-order valence-electron chi connectivity index (χ3n) is 6.63. The van der Waals surface area contributed by atoms with Gasteiger partial charge in [0.1, 0.15) is 0 Å². The van der Waals surface area contributed by atoms with Crippen molar-refractivity contribution in [1.29, 1.82) is 0 Å². The SMILES string of the molecule is CC1=C(C)C(C)(C)C(C2(C(C)C)C=CC=C(C(C)C)C2[O][Ti+2])=C1C.[Cl-].[Cl-]. The maximum absolute atomic E-state index is 6.19. The Labute approximate surface area is 185 Å². The van der Waals surface area contributed by atoms with Crippen LogP contribution in [-0.4, -0.2) is 6.10 Å². The molecule has 2 aliphatic carbocycles. The minimum absolute atomic E-state index is 0. The normalized spacial score (nSPS) is 27.7. The van der Waals surface area contributed by atoms with Crippen molar-refractivity contribution in [3.63, 3.8) is 0 Å². The minimum atomic E-state index is -0.0876. The molecule has 2 aliphatic rings. The Morgan fingerprint density at radius 2 is 1.54 bits per heavy atom. The van der Waals surface area contributed by atoms with E-state index in [1.54, 1.807) is 5.57 Å². The molecule has 0 heterocycles. The zero-order valence-corrected chi connectivity index (χ0v) is 20.7. The monoisotopic (exact) mass is 431 g/mol. The summed E-state index contributed by atoms with van der Waals surface area (Å²) in [6.45, 7) is 20.9. The quantitative estimate of drug-likeness (QED) is 0.583. The molecule has 2 unspecified atom stereocenters. The number of hydrogen-bond donors (Lipinski definition) is 0. The maximum atomic E-state index is 6.19. The molecule has 0 radical (unpaired) electrons. The van der Waals surface area contributed by atoms with Gasteiger partial charge in [-0.1, -0.05) is 0 Å². The van der Waals surface area contributed by atoms with E-state index in [1.165, 1.54) is 22.3 Å². The molecule has 4 heteroatoms. The first kappa shape index (κ1) is 26.2. The Hall–Kier alpha value is 0.214. The first-order chi connectivity index (χ1) is 11.0. The van der Waals surface area contributed by atoms with Crippen LogP contribution in [0.3, 0.4) is 0 Å². The van der Waals surface area contributed by atoms with Crippen LogP contribution in [0.15, 0.2) is 46.1 Å². The van der Waals surface area contributed by atoms with Crippen LogP contribution >= 0.6 is 0 Å². The van der Waals surface area contributed by atoms with Gasteiger partial charge in [0.15, 0.2) is 0 Å². The van der Waals surface area contributed by atoms with Crippen molar-refractivity contribution in [1.82, 2.24) is 0 Å². The molecule has 0 aromatic rings. The summed E-state index contributed by atoms with van der Waals surface area (Å²) >= 11 is 1.88. The van der Waals surface area contributed by atoms with Crippen LogP contribution < -0.4 is 24.8 Å². The Bertz CT molecular complexity index is 653. The fraction of sp³-hybridized carbons (Fsp3) is 0.636. The van der Waals surface area contributed by atoms with E-state index in [2.05, 4.69) is 80.5 Å².